The molecule has 7 heteroatoms. The van der Waals surface area contributed by atoms with Crippen molar-refractivity contribution in [3.8, 4) is 5.75 Å². The maximum absolute atomic E-state index is 12.6. The van der Waals surface area contributed by atoms with Crippen LogP contribution in [0.1, 0.15) is 29.5 Å². The van der Waals surface area contributed by atoms with Gasteiger partial charge in [-0.05, 0) is 56.9 Å². The lowest BCUT2D eigenvalue weighted by Gasteiger charge is -2.23. The van der Waals surface area contributed by atoms with Gasteiger partial charge in [-0.3, -0.25) is 4.79 Å². The van der Waals surface area contributed by atoms with Gasteiger partial charge < -0.3 is 18.8 Å². The Morgan fingerprint density at radius 3 is 2.67 bits per heavy atom. The van der Waals surface area contributed by atoms with E-state index in [0.717, 1.165) is 17.5 Å². The monoisotopic (exact) mass is 373 g/mol. The summed E-state index contributed by atoms with van der Waals surface area (Å²) in [6.07, 6.45) is 1.34. The number of hydrogen-bond acceptors (Lipinski definition) is 6. The van der Waals surface area contributed by atoms with Crippen LogP contribution in [0.5, 0.6) is 5.75 Å². The van der Waals surface area contributed by atoms with E-state index in [1.54, 1.807) is 13.0 Å². The molecule has 0 saturated carbocycles. The number of amides is 1. The largest absolute Gasteiger partial charge is 0.483 e. The van der Waals surface area contributed by atoms with E-state index in [2.05, 4.69) is 0 Å². The number of aryl methyl sites for hydroxylation is 2. The number of esters is 1. The molecule has 0 spiro atoms. The molecular formula is C20H23NO6. The summed E-state index contributed by atoms with van der Waals surface area (Å²) in [6, 6.07) is 3.03. The average Bonchev–Trinajstić information content (AvgIpc) is 3.12. The fraction of sp³-hybridized carbons (Fsp3) is 0.450. The molecule has 1 aromatic carbocycles. The third-order valence-electron chi connectivity index (χ3n) is 5.05. The van der Waals surface area contributed by atoms with Crippen LogP contribution in [0, 0.1) is 20.8 Å². The van der Waals surface area contributed by atoms with Crippen LogP contribution >= 0.6 is 0 Å². The highest BCUT2D eigenvalue weighted by Crippen LogP contribution is 2.31. The van der Waals surface area contributed by atoms with Crippen molar-refractivity contribution in [2.24, 2.45) is 0 Å². The molecule has 1 fully saturated rings. The molecule has 0 aliphatic carbocycles. The molecule has 27 heavy (non-hydrogen) atoms. The van der Waals surface area contributed by atoms with Crippen LogP contribution in [0.3, 0.4) is 0 Å². The predicted octanol–water partition coefficient (Wildman–Crippen LogP) is 2.26. The number of ether oxygens (including phenoxy) is 2. The van der Waals surface area contributed by atoms with Gasteiger partial charge in [0.05, 0.1) is 12.5 Å². The number of carbonyl (C=O) groups is 2. The lowest BCUT2D eigenvalue weighted by Crippen LogP contribution is -2.43. The molecule has 0 bridgehead atoms. The zero-order chi connectivity index (χ0) is 19.7. The fourth-order valence-corrected chi connectivity index (χ4v) is 3.47. The van der Waals surface area contributed by atoms with Gasteiger partial charge in [-0.15, -0.1) is 0 Å². The quantitative estimate of drug-likeness (QED) is 0.604. The van der Waals surface area contributed by atoms with Crippen molar-refractivity contribution in [2.45, 2.75) is 39.7 Å². The first-order valence-electron chi connectivity index (χ1n) is 8.88. The standard InChI is InChI=1S/C20H23NO6/c1-11-8-15(18-12(2)13(3)19(23)27-16(18)9-11)26-10-17(22)21-7-5-6-14(21)20(24)25-4/h8-9,14H,5-7,10H2,1-4H3/t14-/m0/s1. The second kappa shape index (κ2) is 7.42. The summed E-state index contributed by atoms with van der Waals surface area (Å²) in [7, 11) is 1.32. The van der Waals surface area contributed by atoms with Crippen molar-refractivity contribution in [3.05, 3.63) is 39.2 Å². The number of fused-ring (bicyclic) bond motifs is 1. The summed E-state index contributed by atoms with van der Waals surface area (Å²) >= 11 is 0. The summed E-state index contributed by atoms with van der Waals surface area (Å²) < 4.78 is 16.0. The Kier molecular flexibility index (Phi) is 5.21. The van der Waals surface area contributed by atoms with Gasteiger partial charge >= 0.3 is 11.6 Å². The second-order valence-electron chi connectivity index (χ2n) is 6.83. The minimum absolute atomic E-state index is 0.205. The van der Waals surface area contributed by atoms with Crippen LogP contribution in [0.2, 0.25) is 0 Å². The number of nitrogens with zero attached hydrogens (tertiary/aromatic N) is 1. The van der Waals surface area contributed by atoms with Gasteiger partial charge in [-0.25, -0.2) is 9.59 Å². The molecule has 1 amide bonds. The summed E-state index contributed by atoms with van der Waals surface area (Å²) in [5.74, 6) is -0.198. The maximum atomic E-state index is 12.6. The Labute approximate surface area is 156 Å². The van der Waals surface area contributed by atoms with Gasteiger partial charge in [0.2, 0.25) is 0 Å². The molecule has 2 aromatic rings. The molecule has 7 nitrogen and oxygen atoms in total. The number of rotatable bonds is 4. The Bertz CT molecular complexity index is 961. The number of benzene rings is 1. The van der Waals surface area contributed by atoms with Gasteiger partial charge in [0.25, 0.3) is 5.91 Å². The summed E-state index contributed by atoms with van der Waals surface area (Å²) in [4.78, 5) is 37.9. The van der Waals surface area contributed by atoms with E-state index < -0.39 is 12.0 Å². The first kappa shape index (κ1) is 18.9. The Hall–Kier alpha value is -2.83. The van der Waals surface area contributed by atoms with Crippen molar-refractivity contribution in [1.82, 2.24) is 4.90 Å². The van der Waals surface area contributed by atoms with E-state index in [1.165, 1.54) is 12.0 Å². The zero-order valence-electron chi connectivity index (χ0n) is 16.0. The SMILES string of the molecule is COC(=O)[C@@H]1CCCN1C(=O)COc1cc(C)cc2oc(=O)c(C)c(C)c12. The van der Waals surface area contributed by atoms with Gasteiger partial charge in [0, 0.05) is 12.1 Å². The van der Waals surface area contributed by atoms with Crippen molar-refractivity contribution in [3.63, 3.8) is 0 Å². The second-order valence-corrected chi connectivity index (χ2v) is 6.83. The van der Waals surface area contributed by atoms with Crippen molar-refractivity contribution >= 4 is 22.8 Å². The van der Waals surface area contributed by atoms with Crippen LogP contribution in [0.15, 0.2) is 21.3 Å². The third-order valence-corrected chi connectivity index (χ3v) is 5.05. The van der Waals surface area contributed by atoms with Gasteiger partial charge in [-0.2, -0.15) is 0 Å². The predicted molar refractivity (Wildman–Crippen MR) is 98.9 cm³/mol. The van der Waals surface area contributed by atoms with E-state index in [0.29, 0.717) is 35.2 Å². The fourth-order valence-electron chi connectivity index (χ4n) is 3.47. The average molecular weight is 373 g/mol. The molecular weight excluding hydrogens is 350 g/mol. The number of likely N-dealkylation sites (tertiary alicyclic amines) is 1. The van der Waals surface area contributed by atoms with Gasteiger partial charge in [0.15, 0.2) is 6.61 Å². The number of carbonyl (C=O) groups excluding carboxylic acids is 2. The molecule has 3 rings (SSSR count). The molecule has 1 saturated heterocycles. The normalized spacial score (nSPS) is 16.6. The molecule has 1 atom stereocenters. The number of hydrogen-bond donors (Lipinski definition) is 0. The Balaban J connectivity index is 1.87. The van der Waals surface area contributed by atoms with E-state index >= 15 is 0 Å². The topological polar surface area (TPSA) is 86.1 Å². The molecule has 1 aromatic heterocycles. The smallest absolute Gasteiger partial charge is 0.339 e. The first-order valence-corrected chi connectivity index (χ1v) is 8.88. The van der Waals surface area contributed by atoms with Crippen molar-refractivity contribution < 1.29 is 23.5 Å². The summed E-state index contributed by atoms with van der Waals surface area (Å²) in [5, 5.41) is 0.677. The summed E-state index contributed by atoms with van der Waals surface area (Å²) in [6.45, 7) is 5.68. The highest BCUT2D eigenvalue weighted by Gasteiger charge is 2.35. The van der Waals surface area contributed by atoms with Crippen LogP contribution in [0.25, 0.3) is 11.0 Å². The minimum atomic E-state index is -0.553. The minimum Gasteiger partial charge on any atom is -0.483 e. The lowest BCUT2D eigenvalue weighted by molar-refractivity contribution is -0.151. The molecule has 1 aliphatic heterocycles. The molecule has 0 N–H and O–H groups in total. The first-order chi connectivity index (χ1) is 12.8. The van der Waals surface area contributed by atoms with Crippen LogP contribution in [-0.4, -0.2) is 43.1 Å². The Morgan fingerprint density at radius 1 is 1.22 bits per heavy atom. The highest BCUT2D eigenvalue weighted by molar-refractivity contribution is 5.89. The van der Waals surface area contributed by atoms with E-state index in [-0.39, 0.29) is 18.1 Å². The van der Waals surface area contributed by atoms with Crippen LogP contribution < -0.4 is 10.4 Å². The summed E-state index contributed by atoms with van der Waals surface area (Å²) in [5.41, 5.74) is 2.17. The third kappa shape index (κ3) is 3.54. The Morgan fingerprint density at radius 2 is 1.96 bits per heavy atom. The van der Waals surface area contributed by atoms with Crippen molar-refractivity contribution in [1.29, 1.82) is 0 Å². The van der Waals surface area contributed by atoms with E-state index in [4.69, 9.17) is 13.9 Å². The van der Waals surface area contributed by atoms with Gasteiger partial charge in [-0.1, -0.05) is 0 Å². The van der Waals surface area contributed by atoms with Crippen LogP contribution in [-0.2, 0) is 14.3 Å². The van der Waals surface area contributed by atoms with E-state index in [9.17, 15) is 14.4 Å². The lowest BCUT2D eigenvalue weighted by atomic mass is 10.0. The van der Waals surface area contributed by atoms with Crippen LogP contribution in [0.4, 0.5) is 0 Å². The highest BCUT2D eigenvalue weighted by atomic mass is 16.5. The van der Waals surface area contributed by atoms with Crippen molar-refractivity contribution in [2.75, 3.05) is 20.3 Å². The molecule has 0 unspecified atom stereocenters. The maximum Gasteiger partial charge on any atom is 0.339 e. The molecule has 2 heterocycles. The van der Waals surface area contributed by atoms with Gasteiger partial charge in [0.1, 0.15) is 17.4 Å². The molecule has 144 valence electrons. The molecule has 0 radical (unpaired) electrons. The molecule has 1 aliphatic rings. The van der Waals surface area contributed by atoms with E-state index in [1.807, 2.05) is 19.9 Å². The number of methoxy groups -OCH3 is 1. The zero-order valence-corrected chi connectivity index (χ0v) is 16.0.